The number of halogens is 3. The lowest BCUT2D eigenvalue weighted by molar-refractivity contribution is -0.142. The van der Waals surface area contributed by atoms with E-state index in [0.717, 1.165) is 6.07 Å². The van der Waals surface area contributed by atoms with Crippen LogP contribution in [0, 0.1) is 5.92 Å². The molecule has 0 radical (unpaired) electrons. The van der Waals surface area contributed by atoms with Crippen LogP contribution < -0.4 is 9.62 Å². The van der Waals surface area contributed by atoms with Gasteiger partial charge in [-0.15, -0.1) is 0 Å². The molecule has 0 spiro atoms. The van der Waals surface area contributed by atoms with Crippen LogP contribution in [0.5, 0.6) is 0 Å². The first-order valence-electron chi connectivity index (χ1n) is 12.0. The molecule has 0 unspecified atom stereocenters. The minimum Gasteiger partial charge on any atom is -0.481 e. The fraction of sp³-hybridized carbons (Fsp3) is 0.346. The summed E-state index contributed by atoms with van der Waals surface area (Å²) >= 11 is 0. The average Bonchev–Trinajstić information content (AvgIpc) is 2.88. The Balaban J connectivity index is 1.69. The maximum atomic E-state index is 13.9. The summed E-state index contributed by atoms with van der Waals surface area (Å²) in [7, 11) is -4.25. The summed E-state index contributed by atoms with van der Waals surface area (Å²) in [5, 5.41) is 9.34. The quantitative estimate of drug-likeness (QED) is 0.407. The highest BCUT2D eigenvalue weighted by Crippen LogP contribution is 2.40. The highest BCUT2D eigenvalue weighted by atomic mass is 32.2. The molecular formula is C26H27F3N4O4S. The van der Waals surface area contributed by atoms with Crippen molar-refractivity contribution in [3.05, 3.63) is 66.0 Å². The SMILES string of the molecule is CC(C)c1ccccc1-c1cc(NS(=O)(=O)c2ccnc(N3CCC[C@@H](C(=O)O)C3)c2)ncc1C(F)(F)F. The number of hydrogen-bond donors (Lipinski definition) is 2. The minimum absolute atomic E-state index is 0.0775. The number of nitrogens with one attached hydrogen (secondary N) is 1. The van der Waals surface area contributed by atoms with Crippen LogP contribution in [0.15, 0.2) is 59.8 Å². The third kappa shape index (κ3) is 5.90. The van der Waals surface area contributed by atoms with Crippen molar-refractivity contribution in [2.75, 3.05) is 22.7 Å². The van der Waals surface area contributed by atoms with E-state index in [1.165, 1.54) is 18.3 Å². The van der Waals surface area contributed by atoms with Crippen LogP contribution in [0.3, 0.4) is 0 Å². The third-order valence-corrected chi connectivity index (χ3v) is 7.80. The van der Waals surface area contributed by atoms with Gasteiger partial charge in [0.15, 0.2) is 0 Å². The van der Waals surface area contributed by atoms with Crippen LogP contribution in [0.2, 0.25) is 0 Å². The number of alkyl halides is 3. The molecule has 2 aromatic heterocycles. The van der Waals surface area contributed by atoms with Crippen molar-refractivity contribution in [1.82, 2.24) is 9.97 Å². The number of piperidine rings is 1. The molecule has 0 amide bonds. The van der Waals surface area contributed by atoms with E-state index in [1.807, 2.05) is 13.8 Å². The number of aliphatic carboxylic acids is 1. The molecule has 1 aliphatic heterocycles. The van der Waals surface area contributed by atoms with Gasteiger partial charge in [0.1, 0.15) is 11.6 Å². The van der Waals surface area contributed by atoms with Crippen LogP contribution >= 0.6 is 0 Å². The number of anilines is 2. The Morgan fingerprint density at radius 1 is 1.13 bits per heavy atom. The van der Waals surface area contributed by atoms with Gasteiger partial charge in [-0.1, -0.05) is 38.1 Å². The Kier molecular flexibility index (Phi) is 7.63. The van der Waals surface area contributed by atoms with E-state index in [-0.39, 0.29) is 28.7 Å². The van der Waals surface area contributed by atoms with Crippen LogP contribution in [0.4, 0.5) is 24.8 Å². The number of hydrogen-bond acceptors (Lipinski definition) is 6. The molecule has 0 bridgehead atoms. The predicted molar refractivity (Wildman–Crippen MR) is 136 cm³/mol. The maximum Gasteiger partial charge on any atom is 0.418 e. The maximum absolute atomic E-state index is 13.9. The molecule has 4 rings (SSSR count). The molecule has 1 fully saturated rings. The van der Waals surface area contributed by atoms with Gasteiger partial charge < -0.3 is 10.0 Å². The molecule has 38 heavy (non-hydrogen) atoms. The first-order chi connectivity index (χ1) is 17.9. The number of carbonyl (C=O) groups is 1. The summed E-state index contributed by atoms with van der Waals surface area (Å²) in [5.74, 6) is -1.57. The van der Waals surface area contributed by atoms with E-state index in [0.29, 0.717) is 42.5 Å². The predicted octanol–water partition coefficient (Wildman–Crippen LogP) is 5.39. The number of aromatic nitrogens is 2. The van der Waals surface area contributed by atoms with Gasteiger partial charge in [0, 0.05) is 31.5 Å². The molecule has 8 nitrogen and oxygen atoms in total. The minimum atomic E-state index is -4.70. The van der Waals surface area contributed by atoms with Crippen molar-refractivity contribution >= 4 is 27.6 Å². The van der Waals surface area contributed by atoms with Crippen LogP contribution in [0.25, 0.3) is 11.1 Å². The van der Waals surface area contributed by atoms with E-state index in [9.17, 15) is 31.5 Å². The van der Waals surface area contributed by atoms with Gasteiger partial charge in [-0.3, -0.25) is 9.52 Å². The molecule has 1 atom stereocenters. The number of carboxylic acids is 1. The molecule has 1 aliphatic rings. The molecule has 0 aliphatic carbocycles. The Bertz CT molecular complexity index is 1440. The Morgan fingerprint density at radius 3 is 2.55 bits per heavy atom. The second kappa shape index (κ2) is 10.6. The molecule has 3 heterocycles. The fourth-order valence-corrected chi connectivity index (χ4v) is 5.53. The number of carboxylic acid groups (broad SMARTS) is 1. The summed E-state index contributed by atoms with van der Waals surface area (Å²) < 4.78 is 70.3. The Morgan fingerprint density at radius 2 is 1.87 bits per heavy atom. The second-order valence-corrected chi connectivity index (χ2v) is 11.1. The molecule has 0 saturated carbocycles. The molecule has 12 heteroatoms. The van der Waals surface area contributed by atoms with Crippen molar-refractivity contribution < 1.29 is 31.5 Å². The van der Waals surface area contributed by atoms with Crippen molar-refractivity contribution in [1.29, 1.82) is 0 Å². The van der Waals surface area contributed by atoms with Crippen LogP contribution in [-0.2, 0) is 21.0 Å². The van der Waals surface area contributed by atoms with Crippen molar-refractivity contribution in [3.63, 3.8) is 0 Å². The number of pyridine rings is 2. The van der Waals surface area contributed by atoms with Crippen LogP contribution in [-0.4, -0.2) is 42.6 Å². The van der Waals surface area contributed by atoms with Crippen molar-refractivity contribution in [2.24, 2.45) is 5.92 Å². The zero-order valence-electron chi connectivity index (χ0n) is 20.7. The van der Waals surface area contributed by atoms with Crippen LogP contribution in [0.1, 0.15) is 43.7 Å². The highest BCUT2D eigenvalue weighted by Gasteiger charge is 2.35. The number of benzene rings is 1. The lowest BCUT2D eigenvalue weighted by atomic mass is 9.91. The van der Waals surface area contributed by atoms with Gasteiger partial charge in [-0.2, -0.15) is 13.2 Å². The Labute approximate surface area is 218 Å². The first-order valence-corrected chi connectivity index (χ1v) is 13.5. The van der Waals surface area contributed by atoms with E-state index < -0.39 is 33.7 Å². The average molecular weight is 549 g/mol. The number of rotatable bonds is 7. The number of nitrogens with zero attached hydrogens (tertiary/aromatic N) is 3. The van der Waals surface area contributed by atoms with Crippen molar-refractivity contribution in [3.8, 4) is 11.1 Å². The summed E-state index contributed by atoms with van der Waals surface area (Å²) in [6.45, 7) is 4.43. The lowest BCUT2D eigenvalue weighted by Gasteiger charge is -2.31. The van der Waals surface area contributed by atoms with Gasteiger partial charge in [-0.25, -0.2) is 18.4 Å². The summed E-state index contributed by atoms with van der Waals surface area (Å²) in [4.78, 5) is 20.9. The largest absolute Gasteiger partial charge is 0.481 e. The van der Waals surface area contributed by atoms with Gasteiger partial charge >= 0.3 is 12.1 Å². The molecule has 1 saturated heterocycles. The Hall–Kier alpha value is -3.67. The van der Waals surface area contributed by atoms with E-state index in [2.05, 4.69) is 14.7 Å². The summed E-state index contributed by atoms with van der Waals surface area (Å²) in [6.07, 6.45) is -1.65. The summed E-state index contributed by atoms with van der Waals surface area (Å²) in [6, 6.07) is 10.3. The number of sulfonamides is 1. The standard InChI is InChI=1S/C26H27F3N4O4S/c1-16(2)19-7-3-4-8-20(19)21-13-23(31-14-22(21)26(27,28)29)32-38(36,37)18-9-10-30-24(12-18)33-11-5-6-17(15-33)25(34)35/h3-4,7-10,12-14,16-17H,5-6,11,15H2,1-2H3,(H,31,32)(H,34,35)/t17-/m1/s1. The fourth-order valence-electron chi connectivity index (χ4n) is 4.53. The van der Waals surface area contributed by atoms with E-state index in [4.69, 9.17) is 0 Å². The van der Waals surface area contributed by atoms with E-state index >= 15 is 0 Å². The van der Waals surface area contributed by atoms with Crippen molar-refractivity contribution in [2.45, 2.75) is 43.7 Å². The second-order valence-electron chi connectivity index (χ2n) is 9.43. The highest BCUT2D eigenvalue weighted by molar-refractivity contribution is 7.92. The molecular weight excluding hydrogens is 521 g/mol. The van der Waals surface area contributed by atoms with E-state index in [1.54, 1.807) is 29.2 Å². The third-order valence-electron chi connectivity index (χ3n) is 6.44. The summed E-state index contributed by atoms with van der Waals surface area (Å²) in [5.41, 5.74) is -0.143. The van der Waals surface area contributed by atoms with Gasteiger partial charge in [-0.05, 0) is 47.6 Å². The van der Waals surface area contributed by atoms with Gasteiger partial charge in [0.25, 0.3) is 10.0 Å². The smallest absolute Gasteiger partial charge is 0.418 e. The van der Waals surface area contributed by atoms with Gasteiger partial charge in [0.2, 0.25) is 0 Å². The first kappa shape index (κ1) is 27.4. The lowest BCUT2D eigenvalue weighted by Crippen LogP contribution is -2.39. The molecule has 2 N–H and O–H groups in total. The van der Waals surface area contributed by atoms with Gasteiger partial charge in [0.05, 0.1) is 16.4 Å². The monoisotopic (exact) mass is 548 g/mol. The topological polar surface area (TPSA) is 112 Å². The zero-order valence-corrected chi connectivity index (χ0v) is 21.6. The molecule has 202 valence electrons. The molecule has 1 aromatic carbocycles. The normalized spacial score (nSPS) is 16.5. The zero-order chi connectivity index (χ0) is 27.7. The molecule has 3 aromatic rings.